The highest BCUT2D eigenvalue weighted by Crippen LogP contribution is 2.48. The van der Waals surface area contributed by atoms with E-state index in [0.29, 0.717) is 44.1 Å². The van der Waals surface area contributed by atoms with Crippen molar-refractivity contribution in [1.29, 1.82) is 0 Å². The van der Waals surface area contributed by atoms with Gasteiger partial charge in [0, 0.05) is 44.2 Å². The summed E-state index contributed by atoms with van der Waals surface area (Å²) >= 11 is 0. The van der Waals surface area contributed by atoms with Crippen molar-refractivity contribution >= 4 is 0 Å². The SMILES string of the molecule is C/C=C(/NCc1ccc(CN2Cc3ccc(OCC4CC4(F)F)cc3C(O)C2)cc1)C1CC(F)C1. The number of halogens is 3. The Morgan fingerprint density at radius 1 is 1.17 bits per heavy atom. The third-order valence-corrected chi connectivity index (χ3v) is 7.47. The highest BCUT2D eigenvalue weighted by Gasteiger charge is 2.57. The first-order valence-electron chi connectivity index (χ1n) is 12.5. The van der Waals surface area contributed by atoms with E-state index in [1.54, 1.807) is 12.1 Å². The number of alkyl halides is 3. The second-order valence-corrected chi connectivity index (χ2v) is 10.2. The predicted molar refractivity (Wildman–Crippen MR) is 129 cm³/mol. The normalized spacial score (nSPS) is 27.6. The molecule has 2 fully saturated rings. The summed E-state index contributed by atoms with van der Waals surface area (Å²) in [6.45, 7) is 4.64. The fraction of sp³-hybridized carbons (Fsp3) is 0.500. The molecule has 2 atom stereocenters. The van der Waals surface area contributed by atoms with E-state index in [9.17, 15) is 18.3 Å². The average Bonchev–Trinajstić information content (AvgIpc) is 3.44. The summed E-state index contributed by atoms with van der Waals surface area (Å²) in [6, 6.07) is 13.9. The minimum Gasteiger partial charge on any atom is -0.493 e. The monoisotopic (exact) mass is 486 g/mol. The second kappa shape index (κ2) is 9.86. The summed E-state index contributed by atoms with van der Waals surface area (Å²) < 4.78 is 44.9. The number of nitrogens with one attached hydrogen (secondary N) is 1. The van der Waals surface area contributed by atoms with Crippen molar-refractivity contribution in [3.05, 3.63) is 76.5 Å². The molecule has 2 aromatic carbocycles. The fourth-order valence-electron chi connectivity index (χ4n) is 5.04. The van der Waals surface area contributed by atoms with Gasteiger partial charge >= 0.3 is 0 Å². The minimum absolute atomic E-state index is 0.00817. The molecule has 1 aliphatic heterocycles. The molecule has 0 aromatic heterocycles. The Labute approximate surface area is 204 Å². The number of aliphatic hydroxyl groups excluding tert-OH is 1. The van der Waals surface area contributed by atoms with Crippen LogP contribution in [0, 0.1) is 11.8 Å². The topological polar surface area (TPSA) is 44.7 Å². The summed E-state index contributed by atoms with van der Waals surface area (Å²) in [5.74, 6) is -2.44. The summed E-state index contributed by atoms with van der Waals surface area (Å²) in [7, 11) is 0. The first-order valence-corrected chi connectivity index (χ1v) is 12.5. The van der Waals surface area contributed by atoms with Gasteiger partial charge in [0.25, 0.3) is 5.92 Å². The lowest BCUT2D eigenvalue weighted by Crippen LogP contribution is -2.33. The molecule has 188 valence electrons. The van der Waals surface area contributed by atoms with Gasteiger partial charge in [-0.3, -0.25) is 4.90 Å². The third kappa shape index (κ3) is 5.67. The van der Waals surface area contributed by atoms with Crippen LogP contribution in [0.2, 0.25) is 0 Å². The summed E-state index contributed by atoms with van der Waals surface area (Å²) in [6.07, 6.45) is 1.86. The largest absolute Gasteiger partial charge is 0.493 e. The molecule has 1 heterocycles. The Balaban J connectivity index is 1.13. The molecule has 2 N–H and O–H groups in total. The van der Waals surface area contributed by atoms with E-state index in [1.807, 2.05) is 19.1 Å². The van der Waals surface area contributed by atoms with E-state index < -0.39 is 24.1 Å². The summed E-state index contributed by atoms with van der Waals surface area (Å²) in [5.41, 5.74) is 5.31. The molecule has 0 radical (unpaired) electrons. The molecule has 35 heavy (non-hydrogen) atoms. The first kappa shape index (κ1) is 24.2. The van der Waals surface area contributed by atoms with Crippen molar-refractivity contribution < 1.29 is 23.0 Å². The smallest absolute Gasteiger partial charge is 0.255 e. The number of hydrogen-bond donors (Lipinski definition) is 2. The molecule has 0 spiro atoms. The Morgan fingerprint density at radius 3 is 2.54 bits per heavy atom. The minimum atomic E-state index is -2.59. The van der Waals surface area contributed by atoms with Gasteiger partial charge in [-0.2, -0.15) is 0 Å². The molecule has 2 unspecified atom stereocenters. The molecule has 3 aliphatic rings. The van der Waals surface area contributed by atoms with Crippen LogP contribution in [0.1, 0.15) is 54.5 Å². The van der Waals surface area contributed by atoms with Gasteiger partial charge < -0.3 is 15.2 Å². The quantitative estimate of drug-likeness (QED) is 0.491. The van der Waals surface area contributed by atoms with Crippen LogP contribution in [0.4, 0.5) is 13.2 Å². The molecule has 2 saturated carbocycles. The predicted octanol–water partition coefficient (Wildman–Crippen LogP) is 5.51. The molecular weight excluding hydrogens is 453 g/mol. The van der Waals surface area contributed by atoms with Crippen LogP contribution in [0.3, 0.4) is 0 Å². The zero-order chi connectivity index (χ0) is 24.6. The van der Waals surface area contributed by atoms with Crippen molar-refractivity contribution in [3.8, 4) is 5.75 Å². The molecule has 0 bridgehead atoms. The Hall–Kier alpha value is -2.51. The number of aliphatic hydroxyl groups is 1. The highest BCUT2D eigenvalue weighted by atomic mass is 19.3. The van der Waals surface area contributed by atoms with Gasteiger partial charge in [0.2, 0.25) is 0 Å². The van der Waals surface area contributed by atoms with Crippen molar-refractivity contribution in [2.24, 2.45) is 11.8 Å². The maximum Gasteiger partial charge on any atom is 0.255 e. The summed E-state index contributed by atoms with van der Waals surface area (Å²) in [5, 5.41) is 14.2. The Bertz CT molecular complexity index is 1070. The molecule has 0 saturated heterocycles. The van der Waals surface area contributed by atoms with E-state index in [0.717, 1.165) is 23.4 Å². The highest BCUT2D eigenvalue weighted by molar-refractivity contribution is 5.39. The zero-order valence-electron chi connectivity index (χ0n) is 20.0. The van der Waals surface area contributed by atoms with E-state index in [1.165, 1.54) is 11.1 Å². The Morgan fingerprint density at radius 2 is 1.89 bits per heavy atom. The van der Waals surface area contributed by atoms with Gasteiger partial charge in [-0.1, -0.05) is 36.4 Å². The number of rotatable bonds is 9. The molecule has 4 nitrogen and oxygen atoms in total. The molecule has 7 heteroatoms. The van der Waals surface area contributed by atoms with Crippen LogP contribution in [0.15, 0.2) is 54.2 Å². The van der Waals surface area contributed by atoms with Crippen molar-refractivity contribution in [2.75, 3.05) is 13.2 Å². The number of benzene rings is 2. The summed E-state index contributed by atoms with van der Waals surface area (Å²) in [4.78, 5) is 2.20. The molecule has 5 rings (SSSR count). The number of hydrogen-bond acceptors (Lipinski definition) is 4. The van der Waals surface area contributed by atoms with E-state index >= 15 is 0 Å². The third-order valence-electron chi connectivity index (χ3n) is 7.47. The maximum absolute atomic E-state index is 13.2. The maximum atomic E-state index is 13.2. The van der Waals surface area contributed by atoms with Gasteiger partial charge in [0.15, 0.2) is 0 Å². The van der Waals surface area contributed by atoms with E-state index in [2.05, 4.69) is 34.5 Å². The van der Waals surface area contributed by atoms with Crippen molar-refractivity contribution in [3.63, 3.8) is 0 Å². The second-order valence-electron chi connectivity index (χ2n) is 10.2. The average molecular weight is 487 g/mol. The fourth-order valence-corrected chi connectivity index (χ4v) is 5.04. The standard InChI is InChI=1S/C28H33F3N2O2/c1-2-26(21-9-23(29)10-21)32-13-18-3-5-19(6-4-18)14-33-15-20-7-8-24(11-25(20)27(34)16-33)35-17-22-12-28(22,30)31/h2-8,11,21-23,27,32,34H,9-10,12-17H2,1H3/b26-2+. The number of ether oxygens (including phenoxy) is 1. The van der Waals surface area contributed by atoms with Crippen molar-refractivity contribution in [1.82, 2.24) is 10.2 Å². The van der Waals surface area contributed by atoms with Crippen LogP contribution in [-0.2, 0) is 19.6 Å². The first-order chi connectivity index (χ1) is 16.8. The van der Waals surface area contributed by atoms with Crippen molar-refractivity contribution in [2.45, 2.75) is 64.0 Å². The lowest BCUT2D eigenvalue weighted by molar-refractivity contribution is 0.0834. The van der Waals surface area contributed by atoms with Crippen LogP contribution >= 0.6 is 0 Å². The van der Waals surface area contributed by atoms with Crippen LogP contribution < -0.4 is 10.1 Å². The van der Waals surface area contributed by atoms with Gasteiger partial charge in [-0.25, -0.2) is 13.2 Å². The molecule has 0 amide bonds. The Kier molecular flexibility index (Phi) is 6.82. The lowest BCUT2D eigenvalue weighted by atomic mass is 9.81. The number of nitrogens with zero attached hydrogens (tertiary/aromatic N) is 1. The van der Waals surface area contributed by atoms with E-state index in [-0.39, 0.29) is 13.0 Å². The van der Waals surface area contributed by atoms with Crippen LogP contribution in [0.5, 0.6) is 5.75 Å². The van der Waals surface area contributed by atoms with E-state index in [4.69, 9.17) is 4.74 Å². The van der Waals surface area contributed by atoms with Gasteiger partial charge in [0.05, 0.1) is 18.6 Å². The van der Waals surface area contributed by atoms with Crippen LogP contribution in [-0.4, -0.2) is 35.3 Å². The number of fused-ring (bicyclic) bond motifs is 1. The molecule has 2 aliphatic carbocycles. The number of allylic oxidation sites excluding steroid dienone is 2. The van der Waals surface area contributed by atoms with Gasteiger partial charge in [-0.15, -0.1) is 0 Å². The van der Waals surface area contributed by atoms with Gasteiger partial charge in [-0.05, 0) is 54.2 Å². The molecular formula is C28H33F3N2O2. The molecule has 2 aromatic rings. The zero-order valence-corrected chi connectivity index (χ0v) is 20.0. The lowest BCUT2D eigenvalue weighted by Gasteiger charge is -2.32. The van der Waals surface area contributed by atoms with Gasteiger partial charge in [0.1, 0.15) is 11.9 Å². The number of β-amino-alcohol motifs (C(OH)–C–C–N with tert-alkyl or cyclic N) is 1. The van der Waals surface area contributed by atoms with Crippen LogP contribution in [0.25, 0.3) is 0 Å².